The van der Waals surface area contributed by atoms with Gasteiger partial charge in [-0.3, -0.25) is 14.2 Å². The Kier molecular flexibility index (Phi) is 5.28. The van der Waals surface area contributed by atoms with E-state index in [0.29, 0.717) is 32.2 Å². The Bertz CT molecular complexity index is 835. The molecule has 0 spiro atoms. The Morgan fingerprint density at radius 3 is 2.59 bits per heavy atom. The second-order valence-electron chi connectivity index (χ2n) is 8.75. The second-order valence-corrected chi connectivity index (χ2v) is 8.75. The van der Waals surface area contributed by atoms with Crippen LogP contribution in [0.2, 0.25) is 0 Å². The monoisotopic (exact) mass is 399 g/mol. The van der Waals surface area contributed by atoms with Crippen molar-refractivity contribution in [2.75, 3.05) is 59.2 Å². The summed E-state index contributed by atoms with van der Waals surface area (Å²) in [6.45, 7) is 6.74. The molecular weight excluding hydrogens is 370 g/mol. The van der Waals surface area contributed by atoms with Crippen LogP contribution in [0.1, 0.15) is 24.1 Å². The fraction of sp³-hybridized carbons (Fsp3) is 0.636. The topological polar surface area (TPSA) is 64.0 Å². The van der Waals surface area contributed by atoms with Crippen LogP contribution >= 0.6 is 0 Å². The zero-order valence-electron chi connectivity index (χ0n) is 16.7. The first-order valence-corrected chi connectivity index (χ1v) is 10.7. The van der Waals surface area contributed by atoms with Gasteiger partial charge in [0.05, 0.1) is 26.4 Å². The maximum absolute atomic E-state index is 13.4. The molecule has 1 aromatic heterocycles. The number of carbonyl (C=O) groups excluding carboxylic acids is 1. The first-order valence-electron chi connectivity index (χ1n) is 10.7. The Labute approximate surface area is 170 Å². The van der Waals surface area contributed by atoms with Crippen LogP contribution in [-0.2, 0) is 14.3 Å². The third-order valence-corrected chi connectivity index (χ3v) is 6.70. The molecule has 7 heteroatoms. The summed E-state index contributed by atoms with van der Waals surface area (Å²) in [7, 11) is 0. The van der Waals surface area contributed by atoms with Gasteiger partial charge in [0.25, 0.3) is 5.56 Å². The normalized spacial score (nSPS) is 30.2. The van der Waals surface area contributed by atoms with Crippen LogP contribution < -0.4 is 5.56 Å². The van der Waals surface area contributed by atoms with Gasteiger partial charge in [-0.2, -0.15) is 0 Å². The largest absolute Gasteiger partial charge is 0.379 e. The van der Waals surface area contributed by atoms with E-state index in [-0.39, 0.29) is 23.3 Å². The molecule has 5 rings (SSSR count). The standard InChI is InChI=1S/C22H29N3O4/c26-20-5-3-4-19-17-10-18(21(25(19)20)22(27)24-6-1-2-7-24)13-23(12-17)11-16-14-28-8-9-29-15-16/h1-5,16-18,21H,6-15H2/t17-,18+,21+/m0/s1. The zero-order valence-corrected chi connectivity index (χ0v) is 16.7. The Balaban J connectivity index is 1.42. The van der Waals surface area contributed by atoms with Crippen LogP contribution in [0.15, 0.2) is 35.1 Å². The summed E-state index contributed by atoms with van der Waals surface area (Å²) in [5.41, 5.74) is 0.957. The van der Waals surface area contributed by atoms with Gasteiger partial charge in [0.15, 0.2) is 0 Å². The smallest absolute Gasteiger partial charge is 0.251 e. The van der Waals surface area contributed by atoms with E-state index in [1.807, 2.05) is 29.2 Å². The number of carbonyl (C=O) groups is 1. The molecule has 0 N–H and O–H groups in total. The summed E-state index contributed by atoms with van der Waals surface area (Å²) >= 11 is 0. The van der Waals surface area contributed by atoms with Crippen LogP contribution in [0.3, 0.4) is 0 Å². The van der Waals surface area contributed by atoms with Crippen molar-refractivity contribution < 1.29 is 14.3 Å². The molecule has 4 aliphatic heterocycles. The molecule has 0 radical (unpaired) electrons. The van der Waals surface area contributed by atoms with Crippen molar-refractivity contribution in [2.24, 2.45) is 11.8 Å². The van der Waals surface area contributed by atoms with Gasteiger partial charge in [-0.15, -0.1) is 0 Å². The molecule has 5 heterocycles. The van der Waals surface area contributed by atoms with Crippen molar-refractivity contribution >= 4 is 5.91 Å². The number of likely N-dealkylation sites (tertiary alicyclic amines) is 1. The summed E-state index contributed by atoms with van der Waals surface area (Å²) in [6, 6.07) is 5.05. The fourth-order valence-electron chi connectivity index (χ4n) is 5.48. The molecular formula is C22H29N3O4. The van der Waals surface area contributed by atoms with Crippen molar-refractivity contribution in [3.05, 3.63) is 46.4 Å². The lowest BCUT2D eigenvalue weighted by Crippen LogP contribution is -2.54. The molecule has 2 bridgehead atoms. The molecule has 1 aromatic rings. The number of hydrogen-bond donors (Lipinski definition) is 0. The average Bonchev–Trinajstić information content (AvgIpc) is 3.14. The summed E-state index contributed by atoms with van der Waals surface area (Å²) in [4.78, 5) is 30.5. The molecule has 4 aliphatic rings. The number of pyridine rings is 1. The first-order chi connectivity index (χ1) is 14.2. The highest BCUT2D eigenvalue weighted by molar-refractivity contribution is 5.82. The third kappa shape index (κ3) is 3.67. The van der Waals surface area contributed by atoms with E-state index in [0.717, 1.165) is 45.0 Å². The summed E-state index contributed by atoms with van der Waals surface area (Å²) in [5.74, 6) is 0.875. The van der Waals surface area contributed by atoms with E-state index in [1.165, 1.54) is 0 Å². The highest BCUT2D eigenvalue weighted by atomic mass is 16.5. The van der Waals surface area contributed by atoms with Gasteiger partial charge in [-0.25, -0.2) is 0 Å². The van der Waals surface area contributed by atoms with Gasteiger partial charge in [0.2, 0.25) is 5.91 Å². The molecule has 0 saturated carbocycles. The quantitative estimate of drug-likeness (QED) is 0.706. The average molecular weight is 399 g/mol. The Morgan fingerprint density at radius 2 is 1.83 bits per heavy atom. The molecule has 0 aliphatic carbocycles. The number of rotatable bonds is 3. The molecule has 156 valence electrons. The van der Waals surface area contributed by atoms with E-state index in [4.69, 9.17) is 9.47 Å². The van der Waals surface area contributed by atoms with E-state index >= 15 is 0 Å². The predicted molar refractivity (Wildman–Crippen MR) is 108 cm³/mol. The highest BCUT2D eigenvalue weighted by Gasteiger charge is 2.45. The van der Waals surface area contributed by atoms with Gasteiger partial charge >= 0.3 is 0 Å². The van der Waals surface area contributed by atoms with Crippen molar-refractivity contribution in [3.63, 3.8) is 0 Å². The minimum atomic E-state index is -0.403. The van der Waals surface area contributed by atoms with Crippen LogP contribution in [0.25, 0.3) is 0 Å². The number of aromatic nitrogens is 1. The lowest BCUT2D eigenvalue weighted by atomic mass is 9.77. The van der Waals surface area contributed by atoms with Gasteiger partial charge in [-0.05, 0) is 12.5 Å². The number of ether oxygens (including phenoxy) is 2. The molecule has 3 atom stereocenters. The molecule has 29 heavy (non-hydrogen) atoms. The molecule has 2 fully saturated rings. The number of amides is 1. The second kappa shape index (κ2) is 8.05. The molecule has 2 saturated heterocycles. The first kappa shape index (κ1) is 19.0. The van der Waals surface area contributed by atoms with E-state index in [9.17, 15) is 9.59 Å². The van der Waals surface area contributed by atoms with E-state index < -0.39 is 6.04 Å². The predicted octanol–water partition coefficient (Wildman–Crippen LogP) is 0.870. The van der Waals surface area contributed by atoms with Crippen molar-refractivity contribution in [1.82, 2.24) is 14.4 Å². The lowest BCUT2D eigenvalue weighted by molar-refractivity contribution is -0.137. The summed E-state index contributed by atoms with van der Waals surface area (Å²) in [5, 5.41) is 0. The lowest BCUT2D eigenvalue weighted by Gasteiger charge is -2.47. The number of nitrogens with zero attached hydrogens (tertiary/aromatic N) is 3. The van der Waals surface area contributed by atoms with Crippen molar-refractivity contribution in [2.45, 2.75) is 18.4 Å². The van der Waals surface area contributed by atoms with Crippen molar-refractivity contribution in [1.29, 1.82) is 0 Å². The van der Waals surface area contributed by atoms with E-state index in [1.54, 1.807) is 10.6 Å². The fourth-order valence-corrected chi connectivity index (χ4v) is 5.48. The summed E-state index contributed by atoms with van der Waals surface area (Å²) < 4.78 is 13.2. The third-order valence-electron chi connectivity index (χ3n) is 6.70. The minimum absolute atomic E-state index is 0.0540. The number of fused-ring (bicyclic) bond motifs is 4. The van der Waals surface area contributed by atoms with Crippen LogP contribution in [0.5, 0.6) is 0 Å². The Hall–Kier alpha value is -1.96. The maximum Gasteiger partial charge on any atom is 0.251 e. The van der Waals surface area contributed by atoms with Crippen LogP contribution in [0.4, 0.5) is 0 Å². The van der Waals surface area contributed by atoms with Crippen LogP contribution in [-0.4, -0.2) is 79.4 Å². The Morgan fingerprint density at radius 1 is 1.07 bits per heavy atom. The van der Waals surface area contributed by atoms with E-state index in [2.05, 4.69) is 4.90 Å². The zero-order chi connectivity index (χ0) is 19.8. The van der Waals surface area contributed by atoms with Crippen molar-refractivity contribution in [3.8, 4) is 0 Å². The molecule has 1 amide bonds. The molecule has 7 nitrogen and oxygen atoms in total. The van der Waals surface area contributed by atoms with Gasteiger partial charge in [0.1, 0.15) is 6.04 Å². The minimum Gasteiger partial charge on any atom is -0.379 e. The number of hydrogen-bond acceptors (Lipinski definition) is 5. The number of piperidine rings is 1. The highest BCUT2D eigenvalue weighted by Crippen LogP contribution is 2.42. The van der Waals surface area contributed by atoms with Crippen LogP contribution in [0, 0.1) is 11.8 Å². The molecule has 0 unspecified atom stereocenters. The SMILES string of the molecule is O=C([C@H]1[C@@H]2C[C@@H](CN(CC3COCCOC3)C2)c2cccc(=O)n21)N1CC=CC1. The summed E-state index contributed by atoms with van der Waals surface area (Å²) in [6.07, 6.45) is 5.02. The molecule has 0 aromatic carbocycles. The van der Waals surface area contributed by atoms with Gasteiger partial charge in [-0.1, -0.05) is 18.2 Å². The van der Waals surface area contributed by atoms with Gasteiger partial charge in [0, 0.05) is 62.2 Å². The van der Waals surface area contributed by atoms with Gasteiger partial charge < -0.3 is 19.3 Å². The maximum atomic E-state index is 13.4.